The van der Waals surface area contributed by atoms with Crippen molar-refractivity contribution >= 4 is 6.41 Å². The third-order valence-electron chi connectivity index (χ3n) is 1.16. The van der Waals surface area contributed by atoms with Crippen molar-refractivity contribution in [2.24, 2.45) is 5.73 Å². The molecule has 0 spiro atoms. The fourth-order valence-electron chi connectivity index (χ4n) is 0.647. The maximum absolute atomic E-state index is 10.2. The van der Waals surface area contributed by atoms with E-state index in [9.17, 15) is 4.79 Å². The summed E-state index contributed by atoms with van der Waals surface area (Å²) in [5.74, 6) is 0. The molecule has 0 saturated carbocycles. The van der Waals surface area contributed by atoms with Gasteiger partial charge in [0.1, 0.15) is 0 Å². The second kappa shape index (κ2) is 6.29. The van der Waals surface area contributed by atoms with Gasteiger partial charge in [-0.25, -0.2) is 0 Å². The third-order valence-corrected chi connectivity index (χ3v) is 1.16. The molecule has 3 nitrogen and oxygen atoms in total. The first-order valence-corrected chi connectivity index (χ1v) is 3.35. The van der Waals surface area contributed by atoms with Crippen LogP contribution >= 0.6 is 0 Å². The first-order valence-electron chi connectivity index (χ1n) is 3.35. The molecule has 0 aromatic rings. The van der Waals surface area contributed by atoms with Gasteiger partial charge in [-0.05, 0) is 13.0 Å². The van der Waals surface area contributed by atoms with Gasteiger partial charge in [0.15, 0.2) is 0 Å². The summed E-state index contributed by atoms with van der Waals surface area (Å²) in [6.07, 6.45) is 3.37. The van der Waals surface area contributed by atoms with E-state index in [4.69, 9.17) is 5.73 Å². The van der Waals surface area contributed by atoms with Gasteiger partial charge in [-0.3, -0.25) is 4.79 Å². The zero-order valence-corrected chi connectivity index (χ0v) is 6.12. The molecule has 3 heteroatoms. The molecule has 0 aromatic carbocycles. The van der Waals surface area contributed by atoms with Crippen molar-refractivity contribution in [2.75, 3.05) is 19.6 Å². The highest BCUT2D eigenvalue weighted by molar-refractivity contribution is 5.47. The average Bonchev–Trinajstić information content (AvgIpc) is 1.98. The summed E-state index contributed by atoms with van der Waals surface area (Å²) in [7, 11) is 0. The number of rotatable bonds is 6. The minimum absolute atomic E-state index is 0.615. The Bertz CT molecular complexity index is 104. The van der Waals surface area contributed by atoms with Crippen LogP contribution in [-0.2, 0) is 4.79 Å². The van der Waals surface area contributed by atoms with Crippen molar-refractivity contribution in [3.8, 4) is 0 Å². The maximum Gasteiger partial charge on any atom is 0.209 e. The lowest BCUT2D eigenvalue weighted by Crippen LogP contribution is -2.24. The minimum Gasteiger partial charge on any atom is -0.342 e. The van der Waals surface area contributed by atoms with Crippen LogP contribution in [0.15, 0.2) is 12.7 Å². The Hall–Kier alpha value is -0.830. The van der Waals surface area contributed by atoms with Gasteiger partial charge < -0.3 is 10.6 Å². The van der Waals surface area contributed by atoms with Crippen LogP contribution in [0.4, 0.5) is 0 Å². The number of amides is 1. The van der Waals surface area contributed by atoms with Gasteiger partial charge in [0.05, 0.1) is 0 Å². The summed E-state index contributed by atoms with van der Waals surface area (Å²) >= 11 is 0. The predicted octanol–water partition coefficient (Wildman–Crippen LogP) is -0.0204. The van der Waals surface area contributed by atoms with Crippen LogP contribution in [0.1, 0.15) is 6.42 Å². The van der Waals surface area contributed by atoms with Crippen LogP contribution in [0.5, 0.6) is 0 Å². The van der Waals surface area contributed by atoms with E-state index < -0.39 is 0 Å². The minimum atomic E-state index is 0.615. The third kappa shape index (κ3) is 4.09. The second-order valence-electron chi connectivity index (χ2n) is 2.03. The topological polar surface area (TPSA) is 46.3 Å². The number of carbonyl (C=O) groups excluding carboxylic acids is 1. The summed E-state index contributed by atoms with van der Waals surface area (Å²) in [5.41, 5.74) is 5.26. The molecule has 0 heterocycles. The zero-order chi connectivity index (χ0) is 7.82. The first kappa shape index (κ1) is 9.17. The molecule has 58 valence electrons. The molecule has 0 saturated heterocycles. The molecule has 2 N–H and O–H groups in total. The SMILES string of the molecule is C=CCN(C=O)CCCN. The van der Waals surface area contributed by atoms with Crippen LogP contribution in [0.3, 0.4) is 0 Å². The Morgan fingerprint density at radius 2 is 2.30 bits per heavy atom. The molecular weight excluding hydrogens is 128 g/mol. The molecule has 0 aliphatic heterocycles. The smallest absolute Gasteiger partial charge is 0.209 e. The van der Waals surface area contributed by atoms with Crippen molar-refractivity contribution in [3.05, 3.63) is 12.7 Å². The van der Waals surface area contributed by atoms with E-state index >= 15 is 0 Å². The highest BCUT2D eigenvalue weighted by atomic mass is 16.1. The standard InChI is InChI=1S/C7H14N2O/c1-2-5-9(7-10)6-3-4-8/h2,7H,1,3-6,8H2. The van der Waals surface area contributed by atoms with Crippen molar-refractivity contribution < 1.29 is 4.79 Å². The largest absolute Gasteiger partial charge is 0.342 e. The number of nitrogens with zero attached hydrogens (tertiary/aromatic N) is 1. The quantitative estimate of drug-likeness (QED) is 0.418. The molecule has 10 heavy (non-hydrogen) atoms. The number of nitrogens with two attached hydrogens (primary N) is 1. The van der Waals surface area contributed by atoms with Gasteiger partial charge >= 0.3 is 0 Å². The molecule has 0 fully saturated rings. The summed E-state index contributed by atoms with van der Waals surface area (Å²) in [5, 5.41) is 0. The molecule has 1 amide bonds. The second-order valence-corrected chi connectivity index (χ2v) is 2.03. The number of carbonyl (C=O) groups is 1. The van der Waals surface area contributed by atoms with E-state index in [0.29, 0.717) is 13.1 Å². The van der Waals surface area contributed by atoms with E-state index in [1.165, 1.54) is 0 Å². The summed E-state index contributed by atoms with van der Waals surface area (Å²) in [6, 6.07) is 0. The highest BCUT2D eigenvalue weighted by Crippen LogP contribution is 1.85. The molecular formula is C7H14N2O. The van der Waals surface area contributed by atoms with Crippen LogP contribution in [-0.4, -0.2) is 30.9 Å². The lowest BCUT2D eigenvalue weighted by molar-refractivity contribution is -0.117. The summed E-state index contributed by atoms with van der Waals surface area (Å²) < 4.78 is 0. The Balaban J connectivity index is 3.38. The van der Waals surface area contributed by atoms with Gasteiger partial charge in [0.2, 0.25) is 6.41 Å². The summed E-state index contributed by atoms with van der Waals surface area (Å²) in [4.78, 5) is 11.9. The number of hydrogen-bond acceptors (Lipinski definition) is 2. The van der Waals surface area contributed by atoms with E-state index in [1.807, 2.05) is 0 Å². The fraction of sp³-hybridized carbons (Fsp3) is 0.571. The number of hydrogen-bond donors (Lipinski definition) is 1. The average molecular weight is 142 g/mol. The maximum atomic E-state index is 10.2. The lowest BCUT2D eigenvalue weighted by atomic mass is 10.4. The molecule has 0 unspecified atom stereocenters. The monoisotopic (exact) mass is 142 g/mol. The van der Waals surface area contributed by atoms with Crippen LogP contribution < -0.4 is 5.73 Å². The van der Waals surface area contributed by atoms with E-state index in [0.717, 1.165) is 19.4 Å². The van der Waals surface area contributed by atoms with E-state index in [1.54, 1.807) is 11.0 Å². The van der Waals surface area contributed by atoms with Gasteiger partial charge in [0, 0.05) is 13.1 Å². The van der Waals surface area contributed by atoms with Crippen molar-refractivity contribution in [1.29, 1.82) is 0 Å². The Morgan fingerprint density at radius 3 is 2.70 bits per heavy atom. The molecule has 0 atom stereocenters. The normalized spacial score (nSPS) is 8.90. The lowest BCUT2D eigenvalue weighted by Gasteiger charge is -2.13. The molecule has 0 aliphatic rings. The fourth-order valence-corrected chi connectivity index (χ4v) is 0.647. The Kier molecular flexibility index (Phi) is 5.77. The molecule has 0 radical (unpaired) electrons. The van der Waals surface area contributed by atoms with E-state index in [-0.39, 0.29) is 0 Å². The van der Waals surface area contributed by atoms with Crippen LogP contribution in [0, 0.1) is 0 Å². The molecule has 0 rings (SSSR count). The van der Waals surface area contributed by atoms with Crippen LogP contribution in [0.25, 0.3) is 0 Å². The van der Waals surface area contributed by atoms with Gasteiger partial charge in [-0.2, -0.15) is 0 Å². The predicted molar refractivity (Wildman–Crippen MR) is 41.5 cm³/mol. The Labute approximate surface area is 61.5 Å². The van der Waals surface area contributed by atoms with Crippen LogP contribution in [0.2, 0.25) is 0 Å². The van der Waals surface area contributed by atoms with Crippen molar-refractivity contribution in [3.63, 3.8) is 0 Å². The first-order chi connectivity index (χ1) is 4.85. The highest BCUT2D eigenvalue weighted by Gasteiger charge is 1.95. The molecule has 0 bridgehead atoms. The molecule has 0 aliphatic carbocycles. The summed E-state index contributed by atoms with van der Waals surface area (Å²) in [6.45, 7) is 5.49. The van der Waals surface area contributed by atoms with Gasteiger partial charge in [-0.1, -0.05) is 6.08 Å². The zero-order valence-electron chi connectivity index (χ0n) is 6.12. The van der Waals surface area contributed by atoms with Crippen molar-refractivity contribution in [1.82, 2.24) is 4.90 Å². The Morgan fingerprint density at radius 1 is 1.60 bits per heavy atom. The molecule has 0 aromatic heterocycles. The van der Waals surface area contributed by atoms with E-state index in [2.05, 4.69) is 6.58 Å². The van der Waals surface area contributed by atoms with Gasteiger partial charge in [0.25, 0.3) is 0 Å². The van der Waals surface area contributed by atoms with Gasteiger partial charge in [-0.15, -0.1) is 6.58 Å². The van der Waals surface area contributed by atoms with Crippen molar-refractivity contribution in [2.45, 2.75) is 6.42 Å².